The monoisotopic (exact) mass is 764 g/mol. The molecule has 49 heavy (non-hydrogen) atoms. The minimum Gasteiger partial charge on any atom is -0.746 e. The summed E-state index contributed by atoms with van der Waals surface area (Å²) in [6, 6.07) is 0. The fourth-order valence-electron chi connectivity index (χ4n) is 5.35. The van der Waals surface area contributed by atoms with E-state index in [0.29, 0.717) is 0 Å². The SMILES string of the molecule is CCCCCCCCCCCCCCCC(=O)NC(C)S(=O)(=O)[O-].CCCCCCCCCCCCCCCC(=O)NC(C)S(=O)(=O)[O-].[Ca+2]. The molecule has 0 saturated heterocycles. The Labute approximate surface area is 331 Å². The molecule has 2 unspecified atom stereocenters. The third-order valence-electron chi connectivity index (χ3n) is 8.61. The van der Waals surface area contributed by atoms with Gasteiger partial charge in [-0.25, -0.2) is 16.8 Å². The Balaban J connectivity index is -0.000000846. The van der Waals surface area contributed by atoms with Crippen molar-refractivity contribution in [3.63, 3.8) is 0 Å². The molecule has 2 amide bonds. The van der Waals surface area contributed by atoms with E-state index in [1.54, 1.807) is 0 Å². The van der Waals surface area contributed by atoms with E-state index in [2.05, 4.69) is 24.5 Å². The van der Waals surface area contributed by atoms with Crippen molar-refractivity contribution in [1.29, 1.82) is 0 Å². The summed E-state index contributed by atoms with van der Waals surface area (Å²) in [7, 11) is -8.87. The molecular weight excluding hydrogens is 693 g/mol. The van der Waals surface area contributed by atoms with Gasteiger partial charge in [0.05, 0.1) is 0 Å². The molecule has 0 heterocycles. The molecule has 0 fully saturated rings. The van der Waals surface area contributed by atoms with Gasteiger partial charge in [-0.1, -0.05) is 168 Å². The van der Waals surface area contributed by atoms with Crippen LogP contribution in [0.1, 0.15) is 207 Å². The van der Waals surface area contributed by atoms with Gasteiger partial charge in [0.15, 0.2) is 0 Å². The first-order chi connectivity index (χ1) is 22.8. The fourth-order valence-corrected chi connectivity index (χ4v) is 5.90. The van der Waals surface area contributed by atoms with E-state index in [0.717, 1.165) is 38.5 Å². The van der Waals surface area contributed by atoms with E-state index in [1.807, 2.05) is 0 Å². The van der Waals surface area contributed by atoms with E-state index in [-0.39, 0.29) is 62.4 Å². The minimum atomic E-state index is -4.44. The second-order valence-electron chi connectivity index (χ2n) is 13.4. The maximum atomic E-state index is 11.5. The van der Waals surface area contributed by atoms with Crippen molar-refractivity contribution in [1.82, 2.24) is 10.6 Å². The van der Waals surface area contributed by atoms with Gasteiger partial charge in [-0.15, -0.1) is 0 Å². The van der Waals surface area contributed by atoms with Gasteiger partial charge in [0, 0.05) is 12.8 Å². The summed E-state index contributed by atoms with van der Waals surface area (Å²) in [6.45, 7) is 6.88. The molecule has 0 aliphatic rings. The number of unbranched alkanes of at least 4 members (excludes halogenated alkanes) is 24. The molecule has 0 bridgehead atoms. The molecule has 0 aliphatic heterocycles. The maximum Gasteiger partial charge on any atom is 2.00 e. The molecule has 0 aliphatic carbocycles. The maximum absolute atomic E-state index is 11.5. The summed E-state index contributed by atoms with van der Waals surface area (Å²) in [5, 5.41) is 1.77. The molecule has 0 spiro atoms. The Hall–Kier alpha value is 0.0197. The predicted octanol–water partition coefficient (Wildman–Crippen LogP) is 8.57. The van der Waals surface area contributed by atoms with Crippen molar-refractivity contribution in [2.24, 2.45) is 0 Å². The molecule has 2 N–H and O–H groups in total. The molecule has 13 heteroatoms. The predicted molar refractivity (Wildman–Crippen MR) is 201 cm³/mol. The second kappa shape index (κ2) is 36.4. The summed E-state index contributed by atoms with van der Waals surface area (Å²) < 4.78 is 64.1. The number of amides is 2. The largest absolute Gasteiger partial charge is 2.00 e. The summed E-state index contributed by atoms with van der Waals surface area (Å²) in [6.07, 6.45) is 32.7. The van der Waals surface area contributed by atoms with Gasteiger partial charge in [0.1, 0.15) is 31.0 Å². The Morgan fingerprint density at radius 2 is 0.612 bits per heavy atom. The molecule has 0 rings (SSSR count). The molecule has 288 valence electrons. The van der Waals surface area contributed by atoms with Crippen molar-refractivity contribution in [2.45, 2.75) is 218 Å². The Kier molecular flexibility index (Phi) is 39.6. The van der Waals surface area contributed by atoms with Crippen LogP contribution < -0.4 is 10.6 Å². The number of nitrogens with one attached hydrogen (secondary N) is 2. The first-order valence-electron chi connectivity index (χ1n) is 19.2. The summed E-state index contributed by atoms with van der Waals surface area (Å²) in [5.74, 6) is -0.713. The third kappa shape index (κ3) is 40.6. The Bertz CT molecular complexity index is 904. The molecular formula is C36H72CaN2O8S2. The van der Waals surface area contributed by atoms with Gasteiger partial charge in [0.25, 0.3) is 0 Å². The quantitative estimate of drug-likeness (QED) is 0.0389. The number of carbonyl (C=O) groups is 2. The Morgan fingerprint density at radius 1 is 0.429 bits per heavy atom. The average molecular weight is 765 g/mol. The number of hydrogen-bond acceptors (Lipinski definition) is 8. The summed E-state index contributed by atoms with van der Waals surface area (Å²) in [5.41, 5.74) is 0. The van der Waals surface area contributed by atoms with Crippen LogP contribution in [-0.2, 0) is 29.8 Å². The topological polar surface area (TPSA) is 173 Å². The first-order valence-corrected chi connectivity index (χ1v) is 22.2. The number of carbonyl (C=O) groups excluding carboxylic acids is 2. The van der Waals surface area contributed by atoms with Crippen LogP contribution in [0, 0.1) is 0 Å². The van der Waals surface area contributed by atoms with Gasteiger partial charge in [0.2, 0.25) is 11.8 Å². The minimum absolute atomic E-state index is 0. The van der Waals surface area contributed by atoms with Gasteiger partial charge in [-0.3, -0.25) is 9.59 Å². The zero-order valence-electron chi connectivity index (χ0n) is 31.7. The molecule has 2 atom stereocenters. The van der Waals surface area contributed by atoms with E-state index in [1.165, 1.54) is 142 Å². The van der Waals surface area contributed by atoms with Crippen LogP contribution in [0.2, 0.25) is 0 Å². The molecule has 0 aromatic rings. The molecule has 10 nitrogen and oxygen atoms in total. The van der Waals surface area contributed by atoms with Gasteiger partial charge in [-0.05, 0) is 26.7 Å². The van der Waals surface area contributed by atoms with Crippen molar-refractivity contribution >= 4 is 69.8 Å². The Morgan fingerprint density at radius 3 is 0.796 bits per heavy atom. The van der Waals surface area contributed by atoms with Crippen LogP contribution in [0.3, 0.4) is 0 Å². The van der Waals surface area contributed by atoms with Crippen LogP contribution in [0.5, 0.6) is 0 Å². The first kappa shape index (κ1) is 53.4. The van der Waals surface area contributed by atoms with Crippen molar-refractivity contribution in [3.05, 3.63) is 0 Å². The van der Waals surface area contributed by atoms with Gasteiger partial charge >= 0.3 is 37.7 Å². The zero-order valence-corrected chi connectivity index (χ0v) is 35.6. The van der Waals surface area contributed by atoms with E-state index in [9.17, 15) is 35.5 Å². The zero-order chi connectivity index (χ0) is 36.5. The molecule has 0 saturated carbocycles. The van der Waals surface area contributed by atoms with Gasteiger partial charge in [-0.2, -0.15) is 0 Å². The second-order valence-corrected chi connectivity index (χ2v) is 16.8. The standard InChI is InChI=1S/2C18H37NO4S.Ca/c2*1-3-4-5-6-7-8-9-10-11-12-13-14-15-16-18(20)19-17(2)24(21,22)23;/h2*17H,3-16H2,1-2H3,(H,19,20)(H,21,22,23);/q;;+2/p-2. The van der Waals surface area contributed by atoms with E-state index >= 15 is 0 Å². The summed E-state index contributed by atoms with van der Waals surface area (Å²) >= 11 is 0. The number of hydrogen-bond donors (Lipinski definition) is 2. The number of rotatable bonds is 32. The van der Waals surface area contributed by atoms with E-state index < -0.39 is 31.0 Å². The summed E-state index contributed by atoms with van der Waals surface area (Å²) in [4.78, 5) is 23.0. The smallest absolute Gasteiger partial charge is 0.746 e. The van der Waals surface area contributed by atoms with Crippen LogP contribution in [0.4, 0.5) is 0 Å². The van der Waals surface area contributed by atoms with Crippen LogP contribution in [0.25, 0.3) is 0 Å². The molecule has 0 aromatic carbocycles. The van der Waals surface area contributed by atoms with Crippen LogP contribution in [0.15, 0.2) is 0 Å². The van der Waals surface area contributed by atoms with Crippen LogP contribution in [-0.4, -0.2) is 86.2 Å². The fraction of sp³-hybridized carbons (Fsp3) is 0.944. The third-order valence-corrected chi connectivity index (χ3v) is 10.6. The normalized spacial score (nSPS) is 12.7. The molecule has 0 radical (unpaired) electrons. The van der Waals surface area contributed by atoms with Crippen molar-refractivity contribution < 1.29 is 35.5 Å². The van der Waals surface area contributed by atoms with Crippen molar-refractivity contribution in [2.75, 3.05) is 0 Å². The average Bonchev–Trinajstić information content (AvgIpc) is 3.01. The van der Waals surface area contributed by atoms with E-state index in [4.69, 9.17) is 0 Å². The van der Waals surface area contributed by atoms with Crippen LogP contribution >= 0.6 is 0 Å². The van der Waals surface area contributed by atoms with Gasteiger partial charge < -0.3 is 19.7 Å². The molecule has 0 aromatic heterocycles. The van der Waals surface area contributed by atoms with Crippen molar-refractivity contribution in [3.8, 4) is 0 Å².